The lowest BCUT2D eigenvalue weighted by Crippen LogP contribution is -2.19. The quantitative estimate of drug-likeness (QED) is 0.187. The number of amides is 2. The molecule has 4 rings (SSSR count). The molecule has 1 unspecified atom stereocenters. The van der Waals surface area contributed by atoms with E-state index in [1.807, 2.05) is 36.4 Å². The van der Waals surface area contributed by atoms with Crippen molar-refractivity contribution in [2.45, 2.75) is 17.1 Å². The van der Waals surface area contributed by atoms with Crippen molar-refractivity contribution in [1.82, 2.24) is 5.16 Å². The molecule has 9 nitrogen and oxygen atoms in total. The lowest BCUT2D eigenvalue weighted by atomic mass is 10.1. The second kappa shape index (κ2) is 10.7. The Balaban J connectivity index is 1.51. The summed E-state index contributed by atoms with van der Waals surface area (Å²) in [5.41, 5.74) is 1.53. The third kappa shape index (κ3) is 6.12. The van der Waals surface area contributed by atoms with Crippen LogP contribution in [0.1, 0.15) is 26.9 Å². The molecule has 2 amide bonds. The van der Waals surface area contributed by atoms with Gasteiger partial charge in [0.1, 0.15) is 11.0 Å². The molecule has 0 aliphatic heterocycles. The number of nitro benzene ring substituents is 1. The molecule has 0 radical (unpaired) electrons. The lowest BCUT2D eigenvalue weighted by Gasteiger charge is -2.17. The van der Waals surface area contributed by atoms with Crippen molar-refractivity contribution in [2.75, 3.05) is 10.6 Å². The molecule has 0 bridgehead atoms. The van der Waals surface area contributed by atoms with Gasteiger partial charge in [-0.1, -0.05) is 41.6 Å². The van der Waals surface area contributed by atoms with Gasteiger partial charge in [-0.3, -0.25) is 19.7 Å². The summed E-state index contributed by atoms with van der Waals surface area (Å²) < 4.78 is 5.03. The van der Waals surface area contributed by atoms with Gasteiger partial charge in [0.15, 0.2) is 5.82 Å². The highest BCUT2D eigenvalue weighted by molar-refractivity contribution is 8.00. The van der Waals surface area contributed by atoms with E-state index in [1.54, 1.807) is 31.2 Å². The van der Waals surface area contributed by atoms with E-state index in [2.05, 4.69) is 15.8 Å². The maximum absolute atomic E-state index is 13.1. The largest absolute Gasteiger partial charge is 0.360 e. The monoisotopic (exact) mass is 488 g/mol. The van der Waals surface area contributed by atoms with E-state index < -0.39 is 16.1 Å². The Morgan fingerprint density at radius 2 is 1.71 bits per heavy atom. The van der Waals surface area contributed by atoms with Crippen LogP contribution in [0.2, 0.25) is 0 Å². The summed E-state index contributed by atoms with van der Waals surface area (Å²) in [6.07, 6.45) is 0. The van der Waals surface area contributed by atoms with E-state index in [1.165, 1.54) is 36.0 Å². The van der Waals surface area contributed by atoms with Crippen LogP contribution in [0, 0.1) is 17.0 Å². The Hall–Kier alpha value is -4.44. The highest BCUT2D eigenvalue weighted by atomic mass is 32.2. The van der Waals surface area contributed by atoms with Gasteiger partial charge in [-0.25, -0.2) is 0 Å². The minimum absolute atomic E-state index is 0.0917. The van der Waals surface area contributed by atoms with Crippen molar-refractivity contribution in [2.24, 2.45) is 0 Å². The van der Waals surface area contributed by atoms with E-state index in [0.29, 0.717) is 17.3 Å². The van der Waals surface area contributed by atoms with E-state index in [9.17, 15) is 19.7 Å². The second-order valence-electron chi connectivity index (χ2n) is 7.51. The van der Waals surface area contributed by atoms with E-state index in [4.69, 9.17) is 4.52 Å². The molecule has 176 valence electrons. The van der Waals surface area contributed by atoms with Crippen LogP contribution in [-0.4, -0.2) is 21.9 Å². The fourth-order valence-corrected chi connectivity index (χ4v) is 4.32. The van der Waals surface area contributed by atoms with E-state index >= 15 is 0 Å². The summed E-state index contributed by atoms with van der Waals surface area (Å²) in [5, 5.41) is 19.6. The predicted octanol–water partition coefficient (Wildman–Crippen LogP) is 5.62. The normalized spacial score (nSPS) is 11.5. The van der Waals surface area contributed by atoms with Crippen molar-refractivity contribution in [3.8, 4) is 0 Å². The Morgan fingerprint density at radius 1 is 0.971 bits per heavy atom. The third-order valence-corrected chi connectivity index (χ3v) is 6.15. The third-order valence-electron chi connectivity index (χ3n) is 4.91. The van der Waals surface area contributed by atoms with Gasteiger partial charge in [0.05, 0.1) is 4.92 Å². The van der Waals surface area contributed by atoms with Crippen LogP contribution >= 0.6 is 11.8 Å². The zero-order valence-electron chi connectivity index (χ0n) is 18.5. The summed E-state index contributed by atoms with van der Waals surface area (Å²) in [7, 11) is 0. The van der Waals surface area contributed by atoms with Crippen LogP contribution in [0.25, 0.3) is 0 Å². The fraction of sp³-hybridized carbons (Fsp3) is 0.0800. The molecule has 4 aromatic rings. The van der Waals surface area contributed by atoms with Crippen molar-refractivity contribution in [1.29, 1.82) is 0 Å². The molecule has 0 spiro atoms. The van der Waals surface area contributed by atoms with Crippen LogP contribution in [0.5, 0.6) is 0 Å². The molecule has 0 saturated carbocycles. The summed E-state index contributed by atoms with van der Waals surface area (Å²) in [4.78, 5) is 36.8. The number of thioether (sulfide) groups is 1. The summed E-state index contributed by atoms with van der Waals surface area (Å²) in [6, 6.07) is 23.4. The van der Waals surface area contributed by atoms with Crippen LogP contribution in [0.4, 0.5) is 17.2 Å². The van der Waals surface area contributed by atoms with Gasteiger partial charge in [0.2, 0.25) is 5.91 Å². The number of benzene rings is 3. The van der Waals surface area contributed by atoms with Gasteiger partial charge in [0, 0.05) is 34.3 Å². The molecule has 0 saturated heterocycles. The average molecular weight is 489 g/mol. The number of aromatic nitrogens is 1. The average Bonchev–Trinajstić information content (AvgIpc) is 3.27. The molecular formula is C25H20N4O5S. The summed E-state index contributed by atoms with van der Waals surface area (Å²) in [6.45, 7) is 1.74. The summed E-state index contributed by atoms with van der Waals surface area (Å²) in [5.74, 6) is 0.245. The number of aryl methyl sites for hydroxylation is 1. The van der Waals surface area contributed by atoms with Gasteiger partial charge in [-0.15, -0.1) is 11.8 Å². The second-order valence-corrected chi connectivity index (χ2v) is 8.69. The molecule has 0 fully saturated rings. The zero-order chi connectivity index (χ0) is 24.8. The number of non-ortho nitro benzene ring substituents is 1. The molecule has 10 heteroatoms. The van der Waals surface area contributed by atoms with Crippen LogP contribution < -0.4 is 10.6 Å². The Morgan fingerprint density at radius 3 is 2.37 bits per heavy atom. The smallest absolute Gasteiger partial charge is 0.269 e. The number of nitro groups is 1. The number of nitrogens with zero attached hydrogens (tertiary/aromatic N) is 2. The topological polar surface area (TPSA) is 127 Å². The van der Waals surface area contributed by atoms with Crippen molar-refractivity contribution in [3.63, 3.8) is 0 Å². The van der Waals surface area contributed by atoms with Gasteiger partial charge < -0.3 is 15.2 Å². The lowest BCUT2D eigenvalue weighted by molar-refractivity contribution is -0.384. The van der Waals surface area contributed by atoms with Crippen molar-refractivity contribution in [3.05, 3.63) is 112 Å². The standard InChI is InChI=1S/C25H20N4O5S/c1-16-14-22(28-34-16)27-25(31)23(17-6-3-2-4-7-17)35-21-9-5-8-19(15-21)26-24(30)18-10-12-20(13-11-18)29(32)33/h2-15,23H,1H3,(H,26,30)(H,27,28,31). The van der Waals surface area contributed by atoms with Crippen LogP contribution in [0.15, 0.2) is 94.3 Å². The highest BCUT2D eigenvalue weighted by Gasteiger charge is 2.23. The van der Waals surface area contributed by atoms with Gasteiger partial charge >= 0.3 is 0 Å². The first-order chi connectivity index (χ1) is 16.9. The van der Waals surface area contributed by atoms with Crippen LogP contribution in [0.3, 0.4) is 0 Å². The molecule has 1 heterocycles. The van der Waals surface area contributed by atoms with Crippen molar-refractivity contribution >= 4 is 40.8 Å². The van der Waals surface area contributed by atoms with Crippen molar-refractivity contribution < 1.29 is 19.0 Å². The molecular weight excluding hydrogens is 468 g/mol. The highest BCUT2D eigenvalue weighted by Crippen LogP contribution is 2.37. The van der Waals surface area contributed by atoms with Gasteiger partial charge in [0.25, 0.3) is 11.6 Å². The molecule has 1 aromatic heterocycles. The Labute approximate surface area is 204 Å². The number of carbonyl (C=O) groups excluding carboxylic acids is 2. The first-order valence-electron chi connectivity index (χ1n) is 10.5. The number of anilines is 2. The van der Waals surface area contributed by atoms with E-state index in [0.717, 1.165) is 10.5 Å². The molecule has 35 heavy (non-hydrogen) atoms. The number of rotatable bonds is 8. The molecule has 0 aliphatic rings. The van der Waals surface area contributed by atoms with Gasteiger partial charge in [-0.2, -0.15) is 0 Å². The Bertz CT molecular complexity index is 1360. The molecule has 0 aliphatic carbocycles. The first-order valence-corrected chi connectivity index (χ1v) is 11.4. The molecule has 1 atom stereocenters. The van der Waals surface area contributed by atoms with Gasteiger partial charge in [-0.05, 0) is 42.8 Å². The maximum atomic E-state index is 13.1. The minimum Gasteiger partial charge on any atom is -0.360 e. The molecule has 2 N–H and O–H groups in total. The fourth-order valence-electron chi connectivity index (χ4n) is 3.24. The number of nitrogens with one attached hydrogen (secondary N) is 2. The predicted molar refractivity (Wildman–Crippen MR) is 132 cm³/mol. The Kier molecular flexibility index (Phi) is 7.22. The number of hydrogen-bond donors (Lipinski definition) is 2. The first kappa shape index (κ1) is 23.7. The maximum Gasteiger partial charge on any atom is 0.269 e. The summed E-state index contributed by atoms with van der Waals surface area (Å²) >= 11 is 1.32. The molecule has 3 aromatic carbocycles. The van der Waals surface area contributed by atoms with E-state index in [-0.39, 0.29) is 17.2 Å². The number of carbonyl (C=O) groups is 2. The van der Waals surface area contributed by atoms with Crippen LogP contribution in [-0.2, 0) is 4.79 Å². The SMILES string of the molecule is Cc1cc(NC(=O)C(Sc2cccc(NC(=O)c3ccc([N+](=O)[O-])cc3)c2)c2ccccc2)no1. The number of hydrogen-bond acceptors (Lipinski definition) is 7. The minimum atomic E-state index is -0.589. The zero-order valence-corrected chi connectivity index (χ0v) is 19.3.